The van der Waals surface area contributed by atoms with E-state index in [2.05, 4.69) is 20.8 Å². The standard InChI is InChI=1S/C23H34O5/c1-11-12-8-13-17-22(10-26-13)14(20(2,3)7-6-15(22)24)9-16-23(17,18(11)25)19(12)28-21(4,5)27-16/h11-17,19,24H,6-10H2,1-5H3/t11-,12+,13-,14-,15-,16-,17+,19-,22+,23-/m1/s1. The summed E-state index contributed by atoms with van der Waals surface area (Å²) in [4.78, 5) is 13.9. The molecule has 0 aromatic rings. The van der Waals surface area contributed by atoms with Gasteiger partial charge in [0.15, 0.2) is 5.79 Å². The zero-order valence-electron chi connectivity index (χ0n) is 17.7. The maximum absolute atomic E-state index is 13.9. The molecule has 2 bridgehead atoms. The molecule has 28 heavy (non-hydrogen) atoms. The van der Waals surface area contributed by atoms with Crippen molar-refractivity contribution in [3.05, 3.63) is 0 Å². The minimum atomic E-state index is -0.675. The first-order valence-electron chi connectivity index (χ1n) is 11.3. The fourth-order valence-electron chi connectivity index (χ4n) is 9.04. The summed E-state index contributed by atoms with van der Waals surface area (Å²) in [5.41, 5.74) is -0.894. The fourth-order valence-corrected chi connectivity index (χ4v) is 9.04. The zero-order valence-corrected chi connectivity index (χ0v) is 17.7. The Labute approximate surface area is 167 Å². The number of aliphatic hydroxyl groups excluding tert-OH is 1. The number of carbonyl (C=O) groups is 1. The Morgan fingerprint density at radius 2 is 1.86 bits per heavy atom. The second-order valence-corrected chi connectivity index (χ2v) is 11.8. The van der Waals surface area contributed by atoms with Gasteiger partial charge in [0.1, 0.15) is 5.78 Å². The van der Waals surface area contributed by atoms with E-state index in [-0.39, 0.29) is 46.9 Å². The van der Waals surface area contributed by atoms with Gasteiger partial charge < -0.3 is 19.3 Å². The summed E-state index contributed by atoms with van der Waals surface area (Å²) >= 11 is 0. The number of Topliss-reactive ketones (excluding diaryl/α,β-unsaturated/α-hetero) is 1. The molecule has 2 saturated heterocycles. The highest BCUT2D eigenvalue weighted by molar-refractivity contribution is 5.92. The third-order valence-electron chi connectivity index (χ3n) is 9.95. The van der Waals surface area contributed by atoms with E-state index in [4.69, 9.17) is 14.2 Å². The van der Waals surface area contributed by atoms with E-state index in [1.165, 1.54) is 0 Å². The molecular formula is C23H34O5. The van der Waals surface area contributed by atoms with Gasteiger partial charge in [-0.25, -0.2) is 0 Å². The van der Waals surface area contributed by atoms with Crippen molar-refractivity contribution < 1.29 is 24.1 Å². The Hall–Kier alpha value is -0.490. The smallest absolute Gasteiger partial charge is 0.163 e. The van der Waals surface area contributed by atoms with Crippen LogP contribution in [0.4, 0.5) is 0 Å². The van der Waals surface area contributed by atoms with E-state index in [0.29, 0.717) is 18.3 Å². The molecule has 6 fully saturated rings. The molecule has 2 spiro atoms. The Kier molecular flexibility index (Phi) is 3.29. The van der Waals surface area contributed by atoms with E-state index < -0.39 is 17.3 Å². The van der Waals surface area contributed by atoms with Crippen molar-refractivity contribution in [1.82, 2.24) is 0 Å². The quantitative estimate of drug-likeness (QED) is 0.689. The minimum Gasteiger partial charge on any atom is -0.392 e. The molecule has 0 aromatic heterocycles. The van der Waals surface area contributed by atoms with Crippen LogP contribution in [-0.2, 0) is 19.0 Å². The summed E-state index contributed by atoms with van der Waals surface area (Å²) in [6, 6.07) is 0. The van der Waals surface area contributed by atoms with Gasteiger partial charge in [0.25, 0.3) is 0 Å². The number of ether oxygens (including phenoxy) is 3. The monoisotopic (exact) mass is 390 g/mol. The lowest BCUT2D eigenvalue weighted by Gasteiger charge is -2.68. The molecule has 5 heteroatoms. The molecule has 4 saturated carbocycles. The van der Waals surface area contributed by atoms with Gasteiger partial charge in [-0.1, -0.05) is 20.8 Å². The van der Waals surface area contributed by atoms with Crippen molar-refractivity contribution >= 4 is 5.78 Å². The summed E-state index contributed by atoms with van der Waals surface area (Å²) < 4.78 is 19.6. The van der Waals surface area contributed by atoms with Gasteiger partial charge >= 0.3 is 0 Å². The molecule has 0 amide bonds. The summed E-state index contributed by atoms with van der Waals surface area (Å²) in [6.07, 6.45) is 2.87. The van der Waals surface area contributed by atoms with Crippen LogP contribution < -0.4 is 0 Å². The van der Waals surface area contributed by atoms with Gasteiger partial charge in [-0.15, -0.1) is 0 Å². The van der Waals surface area contributed by atoms with Crippen molar-refractivity contribution in [2.75, 3.05) is 6.61 Å². The molecule has 6 aliphatic rings. The highest BCUT2D eigenvalue weighted by atomic mass is 16.7. The first kappa shape index (κ1) is 18.3. The van der Waals surface area contributed by atoms with Gasteiger partial charge in [0.2, 0.25) is 0 Å². The number of aliphatic hydroxyl groups is 1. The van der Waals surface area contributed by atoms with E-state index in [1.54, 1.807) is 0 Å². The maximum atomic E-state index is 13.9. The molecule has 2 heterocycles. The molecule has 1 N–H and O–H groups in total. The van der Waals surface area contributed by atoms with E-state index >= 15 is 0 Å². The number of hydrogen-bond donors (Lipinski definition) is 1. The van der Waals surface area contributed by atoms with Crippen LogP contribution in [0.2, 0.25) is 0 Å². The molecule has 0 unspecified atom stereocenters. The number of carbonyl (C=O) groups excluding carboxylic acids is 1. The SMILES string of the molecule is C[C@H]1C(=O)[C@@]23[C@@H]4OC(C)(C)O[C@@H]2C[C@@H]2C(C)(C)CC[C@@H](O)[C@]25CO[C@H](C[C@H]41)[C@@H]53. The Morgan fingerprint density at radius 1 is 1.11 bits per heavy atom. The van der Waals surface area contributed by atoms with Crippen LogP contribution in [0.15, 0.2) is 0 Å². The Bertz CT molecular complexity index is 745. The van der Waals surface area contributed by atoms with E-state index in [9.17, 15) is 9.90 Å². The van der Waals surface area contributed by atoms with Crippen LogP contribution in [0.1, 0.15) is 60.3 Å². The highest BCUT2D eigenvalue weighted by Crippen LogP contribution is 2.75. The maximum Gasteiger partial charge on any atom is 0.163 e. The van der Waals surface area contributed by atoms with Crippen molar-refractivity contribution in [2.45, 2.75) is 90.5 Å². The van der Waals surface area contributed by atoms with Gasteiger partial charge in [0, 0.05) is 17.3 Å². The molecule has 6 rings (SSSR count). The van der Waals surface area contributed by atoms with Gasteiger partial charge in [-0.3, -0.25) is 4.79 Å². The number of hydrogen-bond acceptors (Lipinski definition) is 5. The number of ketones is 1. The first-order chi connectivity index (χ1) is 13.1. The van der Waals surface area contributed by atoms with Gasteiger partial charge in [-0.2, -0.15) is 0 Å². The van der Waals surface area contributed by atoms with Crippen LogP contribution in [0.3, 0.4) is 0 Å². The minimum absolute atomic E-state index is 0.00752. The predicted octanol–water partition coefficient (Wildman–Crippen LogP) is 2.93. The Balaban J connectivity index is 1.61. The first-order valence-corrected chi connectivity index (χ1v) is 11.3. The highest BCUT2D eigenvalue weighted by Gasteiger charge is 2.83. The molecule has 5 nitrogen and oxygen atoms in total. The second kappa shape index (κ2) is 5.04. The summed E-state index contributed by atoms with van der Waals surface area (Å²) in [5, 5.41) is 11.4. The van der Waals surface area contributed by atoms with Crippen LogP contribution >= 0.6 is 0 Å². The predicted molar refractivity (Wildman–Crippen MR) is 101 cm³/mol. The molecular weight excluding hydrogens is 356 g/mol. The number of rotatable bonds is 0. The van der Waals surface area contributed by atoms with Crippen LogP contribution in [0.25, 0.3) is 0 Å². The van der Waals surface area contributed by atoms with Crippen molar-refractivity contribution in [3.8, 4) is 0 Å². The van der Waals surface area contributed by atoms with Crippen molar-refractivity contribution in [2.24, 2.45) is 39.9 Å². The topological polar surface area (TPSA) is 65.0 Å². The normalized spacial score (nSPS) is 60.3. The molecule has 156 valence electrons. The average Bonchev–Trinajstić information content (AvgIpc) is 3.06. The lowest BCUT2D eigenvalue weighted by atomic mass is 9.39. The molecule has 0 aromatic carbocycles. The molecule has 4 aliphatic carbocycles. The van der Waals surface area contributed by atoms with Crippen molar-refractivity contribution in [1.29, 1.82) is 0 Å². The lowest BCUT2D eigenvalue weighted by molar-refractivity contribution is -0.384. The molecule has 2 aliphatic heterocycles. The zero-order chi connectivity index (χ0) is 19.9. The van der Waals surface area contributed by atoms with E-state index in [1.807, 2.05) is 13.8 Å². The molecule has 0 radical (unpaired) electrons. The third-order valence-corrected chi connectivity index (χ3v) is 9.95. The summed E-state index contributed by atoms with van der Waals surface area (Å²) in [6.45, 7) is 11.3. The van der Waals surface area contributed by atoms with Gasteiger partial charge in [-0.05, 0) is 56.8 Å². The van der Waals surface area contributed by atoms with Crippen LogP contribution in [0, 0.1) is 39.9 Å². The fraction of sp³-hybridized carbons (Fsp3) is 0.957. The summed E-state index contributed by atoms with van der Waals surface area (Å²) in [7, 11) is 0. The lowest BCUT2D eigenvalue weighted by Crippen LogP contribution is -2.75. The van der Waals surface area contributed by atoms with Crippen LogP contribution in [-0.4, -0.2) is 47.7 Å². The van der Waals surface area contributed by atoms with Crippen molar-refractivity contribution in [3.63, 3.8) is 0 Å². The van der Waals surface area contributed by atoms with Gasteiger partial charge in [0.05, 0.1) is 36.4 Å². The molecule has 10 atom stereocenters. The largest absolute Gasteiger partial charge is 0.392 e. The Morgan fingerprint density at radius 3 is 2.61 bits per heavy atom. The third kappa shape index (κ3) is 1.75. The summed E-state index contributed by atoms with van der Waals surface area (Å²) in [5.74, 6) is 0.110. The average molecular weight is 391 g/mol. The second-order valence-electron chi connectivity index (χ2n) is 11.8. The van der Waals surface area contributed by atoms with E-state index in [0.717, 1.165) is 25.7 Å². The van der Waals surface area contributed by atoms with Crippen LogP contribution in [0.5, 0.6) is 0 Å².